The number of amides is 3. The number of hydrogen-bond donors (Lipinski definition) is 3. The molecule has 3 unspecified atom stereocenters. The Bertz CT molecular complexity index is 964. The molecule has 3 aliphatic rings. The summed E-state index contributed by atoms with van der Waals surface area (Å²) in [4.78, 5) is 43.2. The normalized spacial score (nSPS) is 31.6. The lowest BCUT2D eigenvalue weighted by atomic mass is 9.70. The number of halogens is 1. The van der Waals surface area contributed by atoms with Crippen LogP contribution in [-0.2, 0) is 14.4 Å². The SMILES string of the molecule is CCCCCNC(=O)C1N([C@@H](CO)CC(C)C)C(=O)[C@@H]2[C@H](C(=O)Nc3ccccc3)[C@H]3SC12CC3Br. The third-order valence-electron chi connectivity index (χ3n) is 7.75. The van der Waals surface area contributed by atoms with Crippen molar-refractivity contribution in [1.29, 1.82) is 0 Å². The average Bonchev–Trinajstić information content (AvgIpc) is 3.44. The van der Waals surface area contributed by atoms with Gasteiger partial charge in [0.1, 0.15) is 6.04 Å². The Morgan fingerprint density at radius 3 is 2.58 bits per heavy atom. The number of anilines is 1. The highest BCUT2D eigenvalue weighted by Gasteiger charge is 2.76. The summed E-state index contributed by atoms with van der Waals surface area (Å²) in [5.74, 6) is -1.44. The maximum atomic E-state index is 14.1. The van der Waals surface area contributed by atoms with Crippen molar-refractivity contribution in [3.8, 4) is 0 Å². The van der Waals surface area contributed by atoms with E-state index >= 15 is 0 Å². The molecule has 3 N–H and O–H groups in total. The number of aliphatic hydroxyl groups excluding tert-OH is 1. The molecule has 3 fully saturated rings. The third kappa shape index (κ3) is 4.95. The van der Waals surface area contributed by atoms with Crippen LogP contribution in [-0.4, -0.2) is 67.8 Å². The van der Waals surface area contributed by atoms with Crippen molar-refractivity contribution < 1.29 is 19.5 Å². The number of rotatable bonds is 11. The van der Waals surface area contributed by atoms with Crippen LogP contribution in [0, 0.1) is 17.8 Å². The van der Waals surface area contributed by atoms with E-state index in [0.29, 0.717) is 25.1 Å². The quantitative estimate of drug-likeness (QED) is 0.273. The van der Waals surface area contributed by atoms with Crippen LogP contribution in [0.5, 0.6) is 0 Å². The molecule has 9 heteroatoms. The van der Waals surface area contributed by atoms with Gasteiger partial charge in [0.2, 0.25) is 17.7 Å². The van der Waals surface area contributed by atoms with Crippen LogP contribution < -0.4 is 10.6 Å². The summed E-state index contributed by atoms with van der Waals surface area (Å²) < 4.78 is -0.701. The Morgan fingerprint density at radius 2 is 1.94 bits per heavy atom. The van der Waals surface area contributed by atoms with E-state index in [1.807, 2.05) is 44.2 Å². The second kappa shape index (κ2) is 11.4. The summed E-state index contributed by atoms with van der Waals surface area (Å²) in [5.41, 5.74) is 0.691. The van der Waals surface area contributed by atoms with Gasteiger partial charge in [-0.15, -0.1) is 11.8 Å². The molecule has 7 nitrogen and oxygen atoms in total. The molecule has 4 rings (SSSR count). The lowest BCUT2D eigenvalue weighted by Gasteiger charge is -2.37. The van der Waals surface area contributed by atoms with Crippen LogP contribution in [0.25, 0.3) is 0 Å². The Morgan fingerprint density at radius 1 is 1.22 bits per heavy atom. The van der Waals surface area contributed by atoms with E-state index < -0.39 is 28.7 Å². The van der Waals surface area contributed by atoms with Crippen LogP contribution in [0.4, 0.5) is 5.69 Å². The minimum absolute atomic E-state index is 0.0195. The predicted molar refractivity (Wildman–Crippen MR) is 147 cm³/mol. The Labute approximate surface area is 226 Å². The number of nitrogens with one attached hydrogen (secondary N) is 2. The van der Waals surface area contributed by atoms with Gasteiger partial charge in [0.15, 0.2) is 0 Å². The lowest BCUT2D eigenvalue weighted by molar-refractivity contribution is -0.142. The fourth-order valence-corrected chi connectivity index (χ4v) is 9.91. The predicted octanol–water partition coefficient (Wildman–Crippen LogP) is 3.80. The topological polar surface area (TPSA) is 98.7 Å². The first-order valence-corrected chi connectivity index (χ1v) is 14.9. The van der Waals surface area contributed by atoms with E-state index in [9.17, 15) is 19.5 Å². The first-order chi connectivity index (χ1) is 17.2. The molecule has 1 aromatic carbocycles. The standard InChI is InChI=1S/C27H38BrN3O4S/c1-4-5-9-12-29-25(34)23-27-14-19(28)22(36-27)20(24(33)30-17-10-7-6-8-11-17)21(27)26(35)31(23)18(15-32)13-16(2)3/h6-8,10-11,16,18-23,32H,4-5,9,12-15H2,1-3H3,(H,29,34)(H,30,33)/t18-,19?,20+,21+,22+,23?,27?/m1/s1. The largest absolute Gasteiger partial charge is 0.394 e. The average molecular weight is 581 g/mol. The van der Waals surface area contributed by atoms with Gasteiger partial charge < -0.3 is 20.6 Å². The van der Waals surface area contributed by atoms with Gasteiger partial charge >= 0.3 is 0 Å². The molecule has 3 heterocycles. The van der Waals surface area contributed by atoms with E-state index in [1.165, 1.54) is 0 Å². The number of para-hydroxylation sites is 1. The summed E-state index contributed by atoms with van der Waals surface area (Å²) in [7, 11) is 0. The van der Waals surface area contributed by atoms with E-state index in [2.05, 4.69) is 33.5 Å². The zero-order chi connectivity index (χ0) is 26.0. The van der Waals surface area contributed by atoms with Gasteiger partial charge in [-0.1, -0.05) is 67.7 Å². The summed E-state index contributed by atoms with van der Waals surface area (Å²) in [6.45, 7) is 6.56. The number of benzene rings is 1. The molecule has 0 saturated carbocycles. The Balaban J connectivity index is 1.69. The molecule has 7 atom stereocenters. The molecule has 0 radical (unpaired) electrons. The first kappa shape index (κ1) is 27.5. The molecule has 36 heavy (non-hydrogen) atoms. The molecular formula is C27H38BrN3O4S. The van der Waals surface area contributed by atoms with Gasteiger partial charge in [0.25, 0.3) is 0 Å². The van der Waals surface area contributed by atoms with Gasteiger partial charge in [0.05, 0.1) is 29.2 Å². The van der Waals surface area contributed by atoms with Crippen LogP contribution >= 0.6 is 27.7 Å². The Hall–Kier alpha value is -1.58. The number of carbonyl (C=O) groups is 3. The molecule has 2 bridgehead atoms. The van der Waals surface area contributed by atoms with Gasteiger partial charge in [0, 0.05) is 22.3 Å². The van der Waals surface area contributed by atoms with Crippen molar-refractivity contribution in [2.24, 2.45) is 17.8 Å². The van der Waals surface area contributed by atoms with Crippen LogP contribution in [0.15, 0.2) is 30.3 Å². The van der Waals surface area contributed by atoms with Crippen molar-refractivity contribution in [3.05, 3.63) is 30.3 Å². The van der Waals surface area contributed by atoms with E-state index in [1.54, 1.807) is 16.7 Å². The van der Waals surface area contributed by atoms with Gasteiger partial charge in [-0.25, -0.2) is 0 Å². The van der Waals surface area contributed by atoms with Crippen LogP contribution in [0.3, 0.4) is 0 Å². The molecule has 0 aliphatic carbocycles. The second-order valence-corrected chi connectivity index (χ2v) is 13.4. The summed E-state index contributed by atoms with van der Waals surface area (Å²) in [5, 5.41) is 16.3. The van der Waals surface area contributed by atoms with Gasteiger partial charge in [-0.05, 0) is 37.3 Å². The minimum Gasteiger partial charge on any atom is -0.394 e. The van der Waals surface area contributed by atoms with Crippen molar-refractivity contribution in [2.45, 2.75) is 79.8 Å². The van der Waals surface area contributed by atoms with Crippen LogP contribution in [0.2, 0.25) is 0 Å². The van der Waals surface area contributed by atoms with Gasteiger partial charge in [-0.3, -0.25) is 14.4 Å². The molecule has 1 aromatic rings. The fraction of sp³-hybridized carbons (Fsp3) is 0.667. The van der Waals surface area contributed by atoms with Crippen molar-refractivity contribution >= 4 is 51.1 Å². The van der Waals surface area contributed by atoms with Crippen molar-refractivity contribution in [3.63, 3.8) is 0 Å². The maximum Gasteiger partial charge on any atom is 0.244 e. The third-order valence-corrected chi connectivity index (χ3v) is 11.0. The second-order valence-electron chi connectivity index (χ2n) is 10.7. The highest BCUT2D eigenvalue weighted by Crippen LogP contribution is 2.68. The number of nitrogens with zero attached hydrogens (tertiary/aromatic N) is 1. The number of hydrogen-bond acceptors (Lipinski definition) is 5. The van der Waals surface area contributed by atoms with Gasteiger partial charge in [-0.2, -0.15) is 0 Å². The van der Waals surface area contributed by atoms with E-state index in [-0.39, 0.29) is 40.3 Å². The number of carbonyl (C=O) groups excluding carboxylic acids is 3. The van der Waals surface area contributed by atoms with Crippen molar-refractivity contribution in [2.75, 3.05) is 18.5 Å². The number of fused-ring (bicyclic) bond motifs is 1. The molecule has 3 saturated heterocycles. The number of alkyl halides is 1. The Kier molecular flexibility index (Phi) is 8.72. The molecule has 0 aromatic heterocycles. The molecule has 198 valence electrons. The maximum absolute atomic E-state index is 14.1. The van der Waals surface area contributed by atoms with Crippen molar-refractivity contribution in [1.82, 2.24) is 10.2 Å². The lowest BCUT2D eigenvalue weighted by Crippen LogP contribution is -2.57. The number of aliphatic hydroxyl groups is 1. The zero-order valence-corrected chi connectivity index (χ0v) is 23.7. The number of likely N-dealkylation sites (tertiary alicyclic amines) is 1. The van der Waals surface area contributed by atoms with Crippen LogP contribution in [0.1, 0.15) is 52.9 Å². The molecule has 1 spiro atoms. The summed E-state index contributed by atoms with van der Waals surface area (Å²) >= 11 is 5.42. The highest BCUT2D eigenvalue weighted by atomic mass is 79.9. The monoisotopic (exact) mass is 579 g/mol. The number of thioether (sulfide) groups is 1. The zero-order valence-electron chi connectivity index (χ0n) is 21.3. The molecular weight excluding hydrogens is 542 g/mol. The highest BCUT2D eigenvalue weighted by molar-refractivity contribution is 9.09. The fourth-order valence-electron chi connectivity index (χ4n) is 6.31. The summed E-state index contributed by atoms with van der Waals surface area (Å²) in [6, 6.07) is 8.10. The summed E-state index contributed by atoms with van der Waals surface area (Å²) in [6.07, 6.45) is 4.19. The van der Waals surface area contributed by atoms with E-state index in [4.69, 9.17) is 0 Å². The number of unbranched alkanes of at least 4 members (excludes halogenated alkanes) is 2. The first-order valence-electron chi connectivity index (χ1n) is 13.1. The minimum atomic E-state index is -0.711. The molecule has 3 aliphatic heterocycles. The molecule has 3 amide bonds. The van der Waals surface area contributed by atoms with E-state index in [0.717, 1.165) is 19.3 Å². The smallest absolute Gasteiger partial charge is 0.244 e.